The summed E-state index contributed by atoms with van der Waals surface area (Å²) in [7, 11) is -17.7. The fraction of sp³-hybridized carbons (Fsp3) is 0.756. The topological polar surface area (TPSA) is 392 Å². The van der Waals surface area contributed by atoms with E-state index in [4.69, 9.17) is 10.5 Å². The second-order valence-corrected chi connectivity index (χ2v) is 23.9. The molecule has 2 amide bonds. The molecule has 25 nitrogen and oxygen atoms in total. The number of nitrogens with zero attached hydrogens (tertiary/aromatic N) is 4. The molecule has 0 bridgehead atoms. The van der Waals surface area contributed by atoms with Crippen LogP contribution in [0.5, 0.6) is 0 Å². The number of nitrogen functional groups attached to an aromatic ring is 1. The molecule has 0 radical (unpaired) electrons. The third-order valence-corrected chi connectivity index (χ3v) is 15.7. The van der Waals surface area contributed by atoms with Crippen LogP contribution in [0.1, 0.15) is 155 Å². The van der Waals surface area contributed by atoms with Gasteiger partial charge in [0.2, 0.25) is 11.8 Å². The number of ether oxygens (including phenoxy) is 1. The minimum absolute atomic E-state index is 0.0255. The van der Waals surface area contributed by atoms with Gasteiger partial charge in [-0.2, -0.15) is 0 Å². The average molecular weight is 1130 g/mol. The SMILES string of the molecule is CCCCCCCC/C=C\CCCCCCCCCCCC(=O)CC(=O)SCCNC(=O)CCNC(=O)[C@H](O)C(C)(C)COP(=O)([O-])OP(=O)([O-])OC[C@H]1O[C@@H](n2cnc3c(N)ncnc32)[C@H](O)[C@@H]1OP(=O)([O-])[O-]. The molecule has 2 aromatic rings. The van der Waals surface area contributed by atoms with Gasteiger partial charge < -0.3 is 69.0 Å². The zero-order valence-electron chi connectivity index (χ0n) is 42.4. The number of amides is 2. The zero-order valence-corrected chi connectivity index (χ0v) is 45.9. The Morgan fingerprint density at radius 3 is 2.07 bits per heavy atom. The van der Waals surface area contributed by atoms with Gasteiger partial charge in [0, 0.05) is 37.1 Å². The number of aromatic nitrogens is 4. The second kappa shape index (κ2) is 33.3. The molecule has 6 N–H and O–H groups in total. The van der Waals surface area contributed by atoms with E-state index in [1.54, 1.807) is 0 Å². The Labute approximate surface area is 436 Å². The van der Waals surface area contributed by atoms with Crippen LogP contribution in [-0.2, 0) is 55.5 Å². The quantitative estimate of drug-likeness (QED) is 0.0275. The number of unbranched alkanes of at least 4 members (excludes halogenated alkanes) is 15. The van der Waals surface area contributed by atoms with E-state index in [-0.39, 0.29) is 59.6 Å². The molecule has 3 heterocycles. The molecule has 29 heteroatoms. The molecule has 0 saturated carbocycles. The van der Waals surface area contributed by atoms with Crippen LogP contribution >= 0.6 is 35.2 Å². The first-order valence-corrected chi connectivity index (χ1v) is 30.5. The van der Waals surface area contributed by atoms with E-state index >= 15 is 0 Å². The highest BCUT2D eigenvalue weighted by Gasteiger charge is 2.47. The van der Waals surface area contributed by atoms with Crippen molar-refractivity contribution in [2.24, 2.45) is 5.41 Å². The summed E-state index contributed by atoms with van der Waals surface area (Å²) in [6.45, 7) is 2.18. The van der Waals surface area contributed by atoms with E-state index in [9.17, 15) is 62.7 Å². The van der Waals surface area contributed by atoms with Crippen molar-refractivity contribution in [2.45, 2.75) is 180 Å². The first-order valence-electron chi connectivity index (χ1n) is 25.1. The number of carbonyl (C=O) groups is 4. The number of aliphatic hydroxyl groups excluding tert-OH is 2. The summed E-state index contributed by atoms with van der Waals surface area (Å²) in [6, 6.07) is 0. The summed E-state index contributed by atoms with van der Waals surface area (Å²) in [5.41, 5.74) is 4.05. The minimum Gasteiger partial charge on any atom is -0.790 e. The monoisotopic (exact) mass is 1130 g/mol. The normalized spacial score (nSPS) is 19.4. The van der Waals surface area contributed by atoms with Crippen molar-refractivity contribution in [3.05, 3.63) is 24.8 Å². The lowest BCUT2D eigenvalue weighted by molar-refractivity contribution is -0.347. The van der Waals surface area contributed by atoms with Gasteiger partial charge in [-0.15, -0.1) is 0 Å². The number of phosphoric acid groups is 3. The van der Waals surface area contributed by atoms with Crippen molar-refractivity contribution in [1.82, 2.24) is 30.2 Å². The van der Waals surface area contributed by atoms with Crippen LogP contribution in [0.4, 0.5) is 5.82 Å². The number of aliphatic hydroxyl groups is 2. The predicted octanol–water partition coefficient (Wildman–Crippen LogP) is 3.69. The van der Waals surface area contributed by atoms with E-state index in [1.807, 2.05) is 0 Å². The molecule has 3 rings (SSSR count). The van der Waals surface area contributed by atoms with Gasteiger partial charge in [-0.1, -0.05) is 122 Å². The fourth-order valence-electron chi connectivity index (χ4n) is 7.67. The molecular formula is C45H74N7O18P3S-4. The van der Waals surface area contributed by atoms with Crippen molar-refractivity contribution >= 4 is 74.9 Å². The Morgan fingerprint density at radius 2 is 1.45 bits per heavy atom. The molecule has 2 unspecified atom stereocenters. The Morgan fingerprint density at radius 1 is 0.851 bits per heavy atom. The van der Waals surface area contributed by atoms with E-state index in [0.717, 1.165) is 61.1 Å². The number of nitrogens with one attached hydrogen (secondary N) is 2. The molecule has 1 saturated heterocycles. The van der Waals surface area contributed by atoms with Crippen LogP contribution in [-0.4, -0.2) is 109 Å². The Balaban J connectivity index is 1.24. The van der Waals surface area contributed by atoms with Gasteiger partial charge in [0.15, 0.2) is 22.8 Å². The molecule has 422 valence electrons. The number of hydrogen-bond acceptors (Lipinski definition) is 23. The van der Waals surface area contributed by atoms with Gasteiger partial charge in [-0.25, -0.2) is 19.3 Å². The van der Waals surface area contributed by atoms with Gasteiger partial charge in [-0.05, 0) is 32.1 Å². The fourth-order valence-corrected chi connectivity index (χ4v) is 11.1. The number of phosphoric ester groups is 3. The number of fused-ring (bicyclic) bond motifs is 1. The van der Waals surface area contributed by atoms with Crippen LogP contribution < -0.4 is 35.9 Å². The third-order valence-electron chi connectivity index (χ3n) is 11.8. The van der Waals surface area contributed by atoms with E-state index in [2.05, 4.69) is 62.5 Å². The van der Waals surface area contributed by atoms with Crippen molar-refractivity contribution in [3.8, 4) is 0 Å². The molecular weight excluding hydrogens is 1050 g/mol. The largest absolute Gasteiger partial charge is 0.790 e. The molecule has 7 atom stereocenters. The summed E-state index contributed by atoms with van der Waals surface area (Å²) < 4.78 is 60.9. The molecule has 74 heavy (non-hydrogen) atoms. The minimum atomic E-state index is -5.94. The molecule has 2 aromatic heterocycles. The number of rotatable bonds is 40. The lowest BCUT2D eigenvalue weighted by atomic mass is 9.87. The highest BCUT2D eigenvalue weighted by molar-refractivity contribution is 8.13. The van der Waals surface area contributed by atoms with Crippen molar-refractivity contribution < 1.29 is 85.3 Å². The highest BCUT2D eigenvalue weighted by Crippen LogP contribution is 2.56. The number of nitrogens with two attached hydrogens (primary N) is 1. The second-order valence-electron chi connectivity index (χ2n) is 18.7. The number of thioether (sulfide) groups is 1. The summed E-state index contributed by atoms with van der Waals surface area (Å²) in [5, 5.41) is 26.1. The molecule has 1 fully saturated rings. The lowest BCUT2D eigenvalue weighted by Gasteiger charge is -2.36. The number of ketones is 1. The number of carbonyl (C=O) groups excluding carboxylic acids is 4. The van der Waals surface area contributed by atoms with Crippen molar-refractivity contribution in [3.63, 3.8) is 0 Å². The van der Waals surface area contributed by atoms with Crippen LogP contribution in [0.25, 0.3) is 11.2 Å². The number of hydrogen-bond donors (Lipinski definition) is 5. The van der Waals surface area contributed by atoms with Crippen LogP contribution in [0, 0.1) is 5.41 Å². The molecule has 1 aliphatic rings. The Hall–Kier alpha value is -3.03. The van der Waals surface area contributed by atoms with E-state index in [1.165, 1.54) is 90.9 Å². The van der Waals surface area contributed by atoms with Crippen molar-refractivity contribution in [1.29, 1.82) is 0 Å². The van der Waals surface area contributed by atoms with Gasteiger partial charge in [0.1, 0.15) is 42.0 Å². The first kappa shape index (κ1) is 65.3. The smallest absolute Gasteiger partial charge is 0.274 e. The van der Waals surface area contributed by atoms with Crippen LogP contribution in [0.3, 0.4) is 0 Å². The first-order chi connectivity index (χ1) is 34.9. The Bertz CT molecular complexity index is 2240. The molecule has 0 spiro atoms. The summed E-state index contributed by atoms with van der Waals surface area (Å²) in [5.74, 6) is -1.51. The molecule has 1 aliphatic heterocycles. The van der Waals surface area contributed by atoms with E-state index < -0.39 is 84.6 Å². The van der Waals surface area contributed by atoms with Crippen LogP contribution in [0.15, 0.2) is 24.8 Å². The van der Waals surface area contributed by atoms with Crippen LogP contribution in [0.2, 0.25) is 0 Å². The van der Waals surface area contributed by atoms with Crippen molar-refractivity contribution in [2.75, 3.05) is 37.8 Å². The maximum Gasteiger partial charge on any atom is 0.274 e. The number of Topliss-reactive ketones (excluding diaryl/α,β-unsaturated/α-hetero) is 1. The molecule has 0 aliphatic carbocycles. The number of imidazole rings is 1. The summed E-state index contributed by atoms with van der Waals surface area (Å²) in [4.78, 5) is 109. The average Bonchev–Trinajstić information content (AvgIpc) is 3.89. The third kappa shape index (κ3) is 25.4. The predicted molar refractivity (Wildman–Crippen MR) is 266 cm³/mol. The number of allylic oxidation sites excluding steroid dienone is 2. The molecule has 0 aromatic carbocycles. The summed E-state index contributed by atoms with van der Waals surface area (Å²) in [6.07, 6.45) is 17.6. The number of anilines is 1. The van der Waals surface area contributed by atoms with Gasteiger partial charge in [0.25, 0.3) is 15.6 Å². The maximum absolute atomic E-state index is 12.7. The maximum atomic E-state index is 12.7. The summed E-state index contributed by atoms with van der Waals surface area (Å²) >= 11 is 0.929. The Kier molecular flexibility index (Phi) is 29.4. The standard InChI is InChI=1S/C45H78N7O18P3S/c1-4-5-6-7-8-9-10-11-12-13-14-15-16-17-18-19-20-21-22-23-33(53)28-36(55)74-27-26-47-35(54)24-25-48-43(58)40(57)45(2,3)30-67-73(64,65)70-72(62,63)66-29-34-39(69-71(59,60)61)38(56)44(68-34)52-32-51-37-41(46)49-31-50-42(37)52/h11-12,31-32,34,38-40,44,56-57H,4-10,13-30H2,1-3H3,(H,47,54)(H,48,58)(H,62,63)(H,64,65)(H2,46,49,50)(H2,59,60,61)/p-4/b12-11-/t34-,38-,39-,40+,44-/m1/s1. The zero-order chi connectivity index (χ0) is 54.8. The highest BCUT2D eigenvalue weighted by atomic mass is 32.2. The van der Waals surface area contributed by atoms with Gasteiger partial charge in [-0.3, -0.25) is 32.9 Å². The lowest BCUT2D eigenvalue weighted by Crippen LogP contribution is -2.46. The van der Waals surface area contributed by atoms with Gasteiger partial charge >= 0.3 is 0 Å². The van der Waals surface area contributed by atoms with Gasteiger partial charge in [0.05, 0.1) is 33.8 Å². The van der Waals surface area contributed by atoms with E-state index in [0.29, 0.717) is 6.42 Å².